The molecule has 0 unspecified atom stereocenters. The Morgan fingerprint density at radius 2 is 1.48 bits per heavy atom. The third-order valence-corrected chi connectivity index (χ3v) is 10.4. The second-order valence-corrected chi connectivity index (χ2v) is 14.0. The van der Waals surface area contributed by atoms with E-state index in [2.05, 4.69) is 40.8 Å². The van der Waals surface area contributed by atoms with Gasteiger partial charge >= 0.3 is 0 Å². The topological polar surface area (TPSA) is 88.4 Å². The van der Waals surface area contributed by atoms with Crippen LogP contribution in [-0.4, -0.2) is 67.6 Å². The molecule has 162 valence electrons. The van der Waals surface area contributed by atoms with Gasteiger partial charge in [0.1, 0.15) is 24.4 Å². The van der Waals surface area contributed by atoms with E-state index in [1.165, 1.54) is 25.7 Å². The smallest absolute Gasteiger partial charge is 0.192 e. The summed E-state index contributed by atoms with van der Waals surface area (Å²) in [4.78, 5) is 0. The van der Waals surface area contributed by atoms with Crippen LogP contribution >= 0.6 is 0 Å². The molecule has 1 fully saturated rings. The van der Waals surface area contributed by atoms with Gasteiger partial charge in [-0.1, -0.05) is 59.8 Å². The zero-order chi connectivity index (χ0) is 20.7. The summed E-state index contributed by atoms with van der Waals surface area (Å²) in [6, 6.07) is 0. The van der Waals surface area contributed by atoms with Gasteiger partial charge in [0.05, 0.1) is 6.61 Å². The summed E-state index contributed by atoms with van der Waals surface area (Å²) in [5.74, 6) is 0. The zero-order valence-electron chi connectivity index (χ0n) is 18.1. The van der Waals surface area contributed by atoms with Gasteiger partial charge < -0.3 is 29.2 Å². The molecule has 6 nitrogen and oxygen atoms in total. The Balaban J connectivity index is 2.49. The van der Waals surface area contributed by atoms with Gasteiger partial charge in [-0.2, -0.15) is 0 Å². The van der Waals surface area contributed by atoms with Crippen LogP contribution in [0.15, 0.2) is 0 Å². The highest BCUT2D eigenvalue weighted by atomic mass is 28.4. The minimum Gasteiger partial charge on any atom is -0.414 e. The Kier molecular flexibility index (Phi) is 10.4. The number of rotatable bonds is 11. The van der Waals surface area contributed by atoms with Crippen molar-refractivity contribution >= 4 is 8.32 Å². The lowest BCUT2D eigenvalue weighted by molar-refractivity contribution is -0.300. The van der Waals surface area contributed by atoms with Crippen molar-refractivity contribution in [2.45, 2.75) is 115 Å². The van der Waals surface area contributed by atoms with Gasteiger partial charge in [0.2, 0.25) is 0 Å². The highest BCUT2D eigenvalue weighted by molar-refractivity contribution is 6.74. The predicted molar refractivity (Wildman–Crippen MR) is 109 cm³/mol. The van der Waals surface area contributed by atoms with Crippen molar-refractivity contribution in [3.63, 3.8) is 0 Å². The van der Waals surface area contributed by atoms with Crippen LogP contribution in [0.1, 0.15) is 66.2 Å². The molecular weight excluding hydrogens is 364 g/mol. The van der Waals surface area contributed by atoms with E-state index in [9.17, 15) is 15.3 Å². The highest BCUT2D eigenvalue weighted by Gasteiger charge is 2.46. The summed E-state index contributed by atoms with van der Waals surface area (Å²) in [5.41, 5.74) is 0. The number of hydrogen-bond donors (Lipinski definition) is 3. The van der Waals surface area contributed by atoms with Gasteiger partial charge in [-0.05, 0) is 24.6 Å². The van der Waals surface area contributed by atoms with E-state index in [1.54, 1.807) is 0 Å². The average molecular weight is 407 g/mol. The normalized spacial score (nSPS) is 29.9. The molecule has 3 N–H and O–H groups in total. The Bertz CT molecular complexity index is 412. The summed E-state index contributed by atoms with van der Waals surface area (Å²) in [5, 5.41) is 30.6. The zero-order valence-corrected chi connectivity index (χ0v) is 19.1. The fourth-order valence-electron chi connectivity index (χ4n) is 2.78. The second-order valence-electron chi connectivity index (χ2n) is 9.22. The monoisotopic (exact) mass is 406 g/mol. The van der Waals surface area contributed by atoms with Crippen molar-refractivity contribution in [2.24, 2.45) is 0 Å². The molecule has 0 amide bonds. The molecule has 0 spiro atoms. The van der Waals surface area contributed by atoms with E-state index in [1.807, 2.05) is 0 Å². The van der Waals surface area contributed by atoms with Gasteiger partial charge in [0.15, 0.2) is 14.6 Å². The van der Waals surface area contributed by atoms with Crippen LogP contribution in [0.25, 0.3) is 0 Å². The highest BCUT2D eigenvalue weighted by Crippen LogP contribution is 2.37. The van der Waals surface area contributed by atoms with Crippen LogP contribution in [0, 0.1) is 0 Å². The molecular formula is C20H42O6Si. The van der Waals surface area contributed by atoms with Crippen LogP contribution in [0.4, 0.5) is 0 Å². The summed E-state index contributed by atoms with van der Waals surface area (Å²) in [6.45, 7) is 13.5. The summed E-state index contributed by atoms with van der Waals surface area (Å²) in [7, 11) is -2.00. The number of hydrogen-bond acceptors (Lipinski definition) is 6. The average Bonchev–Trinajstić information content (AvgIpc) is 2.58. The summed E-state index contributed by atoms with van der Waals surface area (Å²) < 4.78 is 17.5. The quantitative estimate of drug-likeness (QED) is 0.361. The molecule has 0 aliphatic carbocycles. The first kappa shape index (κ1) is 25.0. The third-order valence-electron chi connectivity index (χ3n) is 5.86. The van der Waals surface area contributed by atoms with Crippen molar-refractivity contribution < 1.29 is 29.2 Å². The molecule has 1 rings (SSSR count). The lowest BCUT2D eigenvalue weighted by Crippen LogP contribution is -2.60. The third kappa shape index (κ3) is 7.72. The maximum atomic E-state index is 10.3. The Hall–Kier alpha value is -0.0231. The number of aliphatic hydroxyl groups excluding tert-OH is 3. The number of unbranched alkanes of at least 4 members (excludes halogenated alkanes) is 5. The van der Waals surface area contributed by atoms with E-state index >= 15 is 0 Å². The minimum atomic E-state index is -2.00. The lowest BCUT2D eigenvalue weighted by Gasteiger charge is -2.42. The first-order valence-electron chi connectivity index (χ1n) is 10.5. The van der Waals surface area contributed by atoms with Crippen molar-refractivity contribution in [3.8, 4) is 0 Å². The Labute approximate surface area is 166 Å². The van der Waals surface area contributed by atoms with E-state index in [0.29, 0.717) is 6.61 Å². The predicted octanol–water partition coefficient (Wildman–Crippen LogP) is 3.19. The maximum Gasteiger partial charge on any atom is 0.192 e. The molecule has 1 aliphatic heterocycles. The minimum absolute atomic E-state index is 0.0401. The molecule has 0 aromatic heterocycles. The van der Waals surface area contributed by atoms with Crippen molar-refractivity contribution in [1.82, 2.24) is 0 Å². The molecule has 5 atom stereocenters. The Morgan fingerprint density at radius 1 is 0.889 bits per heavy atom. The van der Waals surface area contributed by atoms with Crippen LogP contribution in [0.2, 0.25) is 18.1 Å². The van der Waals surface area contributed by atoms with Crippen LogP contribution in [-0.2, 0) is 13.9 Å². The van der Waals surface area contributed by atoms with Crippen LogP contribution in [0.5, 0.6) is 0 Å². The summed E-state index contributed by atoms with van der Waals surface area (Å²) >= 11 is 0. The molecule has 7 heteroatoms. The first-order chi connectivity index (χ1) is 12.5. The standard InChI is InChI=1S/C20H42O6Si/c1-7-8-9-10-11-12-13-24-19-18(23)17(22)16(21)15(26-19)14-25-27(5,6)20(2,3)4/h15-19,21-23H,7-14H2,1-6H3/t15-,16-,17+,18-,19-/m1/s1. The first-order valence-corrected chi connectivity index (χ1v) is 13.4. The number of aliphatic hydroxyl groups is 3. The van der Waals surface area contributed by atoms with Gasteiger partial charge in [-0.15, -0.1) is 0 Å². The molecule has 0 saturated carbocycles. The van der Waals surface area contributed by atoms with Gasteiger partial charge in [-0.25, -0.2) is 0 Å². The maximum absolute atomic E-state index is 10.3. The molecule has 0 radical (unpaired) electrons. The van der Waals surface area contributed by atoms with Crippen LogP contribution < -0.4 is 0 Å². The second kappa shape index (κ2) is 11.2. The van der Waals surface area contributed by atoms with Gasteiger partial charge in [0.25, 0.3) is 0 Å². The molecule has 0 bridgehead atoms. The molecule has 0 aromatic carbocycles. The lowest BCUT2D eigenvalue weighted by atomic mass is 9.99. The largest absolute Gasteiger partial charge is 0.414 e. The van der Waals surface area contributed by atoms with E-state index in [0.717, 1.165) is 12.8 Å². The SMILES string of the molecule is CCCCCCCCO[C@@H]1O[C@H](CO[Si](C)(C)C(C)(C)C)[C@@H](O)[C@H](O)[C@H]1O. The van der Waals surface area contributed by atoms with Crippen LogP contribution in [0.3, 0.4) is 0 Å². The fraction of sp³-hybridized carbons (Fsp3) is 1.00. The van der Waals surface area contributed by atoms with E-state index < -0.39 is 39.0 Å². The van der Waals surface area contributed by atoms with E-state index in [4.69, 9.17) is 13.9 Å². The van der Waals surface area contributed by atoms with Crippen molar-refractivity contribution in [3.05, 3.63) is 0 Å². The van der Waals surface area contributed by atoms with Gasteiger partial charge in [-0.3, -0.25) is 0 Å². The molecule has 1 saturated heterocycles. The molecule has 1 heterocycles. The number of ether oxygens (including phenoxy) is 2. The molecule has 1 aliphatic rings. The van der Waals surface area contributed by atoms with Crippen molar-refractivity contribution in [1.29, 1.82) is 0 Å². The Morgan fingerprint density at radius 3 is 2.07 bits per heavy atom. The molecule has 0 aromatic rings. The van der Waals surface area contributed by atoms with Gasteiger partial charge in [0, 0.05) is 6.61 Å². The van der Waals surface area contributed by atoms with Crippen molar-refractivity contribution in [2.75, 3.05) is 13.2 Å². The molecule has 27 heavy (non-hydrogen) atoms. The van der Waals surface area contributed by atoms with E-state index in [-0.39, 0.29) is 11.6 Å². The fourth-order valence-corrected chi connectivity index (χ4v) is 3.79. The summed E-state index contributed by atoms with van der Waals surface area (Å²) in [6.07, 6.45) is 1.43.